The second kappa shape index (κ2) is 8.85. The summed E-state index contributed by atoms with van der Waals surface area (Å²) in [7, 11) is 0. The van der Waals surface area contributed by atoms with E-state index in [0.29, 0.717) is 24.6 Å². The average molecular weight is 385 g/mol. The molecule has 0 unspecified atom stereocenters. The summed E-state index contributed by atoms with van der Waals surface area (Å²) in [5.41, 5.74) is 1.37. The molecule has 2 aliphatic heterocycles. The van der Waals surface area contributed by atoms with Gasteiger partial charge < -0.3 is 24.8 Å². The number of fused-ring (bicyclic) bond motifs is 1. The lowest BCUT2D eigenvalue weighted by Crippen LogP contribution is -2.41. The Morgan fingerprint density at radius 1 is 1.11 bits per heavy atom. The van der Waals surface area contributed by atoms with Crippen LogP contribution in [0.4, 0.5) is 5.82 Å². The molecular formula is C19H23N5O4. The molecule has 0 bridgehead atoms. The second-order valence-corrected chi connectivity index (χ2v) is 6.54. The van der Waals surface area contributed by atoms with Gasteiger partial charge in [0.15, 0.2) is 11.5 Å². The zero-order chi connectivity index (χ0) is 19.2. The Hall–Kier alpha value is -2.91. The fourth-order valence-corrected chi connectivity index (χ4v) is 3.06. The Balaban J connectivity index is 1.28. The molecule has 4 rings (SSSR count). The fourth-order valence-electron chi connectivity index (χ4n) is 3.06. The predicted molar refractivity (Wildman–Crippen MR) is 102 cm³/mol. The van der Waals surface area contributed by atoms with Gasteiger partial charge in [0.25, 0.3) is 5.91 Å². The number of anilines is 1. The molecule has 1 saturated heterocycles. The SMILES string of the molecule is O=C(NCCN1CCOCC1)c1cc(NCc2ccc3c(c2)OCO3)ncn1. The van der Waals surface area contributed by atoms with Gasteiger partial charge in [0.2, 0.25) is 6.79 Å². The molecule has 0 aliphatic carbocycles. The van der Waals surface area contributed by atoms with Gasteiger partial charge in [0.05, 0.1) is 13.2 Å². The highest BCUT2D eigenvalue weighted by atomic mass is 16.7. The van der Waals surface area contributed by atoms with E-state index in [9.17, 15) is 4.79 Å². The molecule has 148 valence electrons. The third-order valence-corrected chi connectivity index (χ3v) is 4.63. The normalized spacial score (nSPS) is 16.0. The van der Waals surface area contributed by atoms with Crippen LogP contribution in [-0.4, -0.2) is 67.0 Å². The molecule has 2 aliphatic rings. The summed E-state index contributed by atoms with van der Waals surface area (Å²) < 4.78 is 16.0. The van der Waals surface area contributed by atoms with Crippen molar-refractivity contribution in [2.45, 2.75) is 6.54 Å². The van der Waals surface area contributed by atoms with Crippen LogP contribution in [0.1, 0.15) is 16.1 Å². The van der Waals surface area contributed by atoms with Crippen molar-refractivity contribution >= 4 is 11.7 Å². The van der Waals surface area contributed by atoms with E-state index in [1.54, 1.807) is 6.07 Å². The zero-order valence-corrected chi connectivity index (χ0v) is 15.5. The molecule has 28 heavy (non-hydrogen) atoms. The third-order valence-electron chi connectivity index (χ3n) is 4.63. The van der Waals surface area contributed by atoms with Crippen LogP contribution < -0.4 is 20.1 Å². The maximum Gasteiger partial charge on any atom is 0.270 e. The number of rotatable bonds is 7. The number of morpholine rings is 1. The molecule has 1 aromatic carbocycles. The van der Waals surface area contributed by atoms with Crippen LogP contribution in [0.2, 0.25) is 0 Å². The number of carbonyl (C=O) groups is 1. The first kappa shape index (κ1) is 18.5. The third kappa shape index (κ3) is 4.68. The van der Waals surface area contributed by atoms with Gasteiger partial charge in [-0.15, -0.1) is 0 Å². The van der Waals surface area contributed by atoms with Crippen molar-refractivity contribution in [3.05, 3.63) is 41.9 Å². The number of benzene rings is 1. The maximum absolute atomic E-state index is 12.3. The Bertz CT molecular complexity index is 826. The standard InChI is InChI=1S/C19H23N5O4/c25-19(20-3-4-24-5-7-26-8-6-24)15-10-18(23-12-22-15)21-11-14-1-2-16-17(9-14)28-13-27-16/h1-2,9-10,12H,3-8,11,13H2,(H,20,25)(H,21,22,23). The molecule has 1 amide bonds. The minimum absolute atomic E-state index is 0.207. The van der Waals surface area contributed by atoms with Crippen LogP contribution in [0, 0.1) is 0 Å². The van der Waals surface area contributed by atoms with E-state index in [-0.39, 0.29) is 12.7 Å². The molecule has 1 aromatic heterocycles. The summed E-state index contributed by atoms with van der Waals surface area (Å²) in [6.07, 6.45) is 1.39. The van der Waals surface area contributed by atoms with Crippen molar-refractivity contribution in [1.29, 1.82) is 0 Å². The summed E-state index contributed by atoms with van der Waals surface area (Å²) in [6.45, 7) is 5.47. The Morgan fingerprint density at radius 2 is 1.96 bits per heavy atom. The first-order valence-electron chi connectivity index (χ1n) is 9.31. The topological polar surface area (TPSA) is 97.8 Å². The number of aromatic nitrogens is 2. The average Bonchev–Trinajstić information content (AvgIpc) is 3.21. The smallest absolute Gasteiger partial charge is 0.270 e. The van der Waals surface area contributed by atoms with Crippen LogP contribution in [0.5, 0.6) is 11.5 Å². The van der Waals surface area contributed by atoms with Crippen molar-refractivity contribution in [1.82, 2.24) is 20.2 Å². The summed E-state index contributed by atoms with van der Waals surface area (Å²) in [5.74, 6) is 1.87. The van der Waals surface area contributed by atoms with Crippen molar-refractivity contribution in [2.75, 3.05) is 51.5 Å². The van der Waals surface area contributed by atoms with Gasteiger partial charge >= 0.3 is 0 Å². The van der Waals surface area contributed by atoms with E-state index in [4.69, 9.17) is 14.2 Å². The second-order valence-electron chi connectivity index (χ2n) is 6.54. The van der Waals surface area contributed by atoms with Crippen LogP contribution in [0.3, 0.4) is 0 Å². The van der Waals surface area contributed by atoms with Gasteiger partial charge in [0, 0.05) is 38.8 Å². The number of ether oxygens (including phenoxy) is 3. The van der Waals surface area contributed by atoms with Crippen LogP contribution >= 0.6 is 0 Å². The zero-order valence-electron chi connectivity index (χ0n) is 15.5. The highest BCUT2D eigenvalue weighted by molar-refractivity contribution is 5.92. The van der Waals surface area contributed by atoms with E-state index in [2.05, 4.69) is 25.5 Å². The molecule has 0 spiro atoms. The van der Waals surface area contributed by atoms with Crippen molar-refractivity contribution in [3.63, 3.8) is 0 Å². The number of hydrogen-bond donors (Lipinski definition) is 2. The largest absolute Gasteiger partial charge is 0.454 e. The van der Waals surface area contributed by atoms with Crippen LogP contribution in [0.15, 0.2) is 30.6 Å². The fraction of sp³-hybridized carbons (Fsp3) is 0.421. The first-order valence-corrected chi connectivity index (χ1v) is 9.31. The number of carbonyl (C=O) groups excluding carboxylic acids is 1. The highest BCUT2D eigenvalue weighted by Crippen LogP contribution is 2.32. The van der Waals surface area contributed by atoms with E-state index >= 15 is 0 Å². The van der Waals surface area contributed by atoms with E-state index in [0.717, 1.165) is 49.9 Å². The number of hydrogen-bond acceptors (Lipinski definition) is 8. The molecule has 3 heterocycles. The summed E-state index contributed by atoms with van der Waals surface area (Å²) in [6, 6.07) is 7.42. The van der Waals surface area contributed by atoms with Crippen LogP contribution in [0.25, 0.3) is 0 Å². The lowest BCUT2D eigenvalue weighted by molar-refractivity contribution is 0.0383. The van der Waals surface area contributed by atoms with Crippen LogP contribution in [-0.2, 0) is 11.3 Å². The number of amides is 1. The maximum atomic E-state index is 12.3. The molecule has 1 fully saturated rings. The Labute approximate surface area is 163 Å². The predicted octanol–water partition coefficient (Wildman–Crippen LogP) is 0.879. The van der Waals surface area contributed by atoms with Gasteiger partial charge in [-0.3, -0.25) is 9.69 Å². The highest BCUT2D eigenvalue weighted by Gasteiger charge is 2.14. The minimum atomic E-state index is -0.207. The first-order chi connectivity index (χ1) is 13.8. The molecule has 0 saturated carbocycles. The van der Waals surface area contributed by atoms with Crippen molar-refractivity contribution < 1.29 is 19.0 Å². The minimum Gasteiger partial charge on any atom is -0.454 e. The molecule has 2 N–H and O–H groups in total. The van der Waals surface area contributed by atoms with E-state index < -0.39 is 0 Å². The number of nitrogens with zero attached hydrogens (tertiary/aromatic N) is 3. The lowest BCUT2D eigenvalue weighted by Gasteiger charge is -2.26. The Morgan fingerprint density at radius 3 is 2.86 bits per heavy atom. The lowest BCUT2D eigenvalue weighted by atomic mass is 10.2. The monoisotopic (exact) mass is 385 g/mol. The van der Waals surface area contributed by atoms with Gasteiger partial charge in [-0.05, 0) is 17.7 Å². The van der Waals surface area contributed by atoms with Crippen molar-refractivity contribution in [3.8, 4) is 11.5 Å². The quantitative estimate of drug-likeness (QED) is 0.725. The summed E-state index contributed by atoms with van der Waals surface area (Å²) >= 11 is 0. The summed E-state index contributed by atoms with van der Waals surface area (Å²) in [4.78, 5) is 22.9. The van der Waals surface area contributed by atoms with Crippen molar-refractivity contribution in [2.24, 2.45) is 0 Å². The molecule has 9 heteroatoms. The number of nitrogens with one attached hydrogen (secondary N) is 2. The van der Waals surface area contributed by atoms with E-state index in [1.165, 1.54) is 6.33 Å². The molecule has 0 radical (unpaired) electrons. The van der Waals surface area contributed by atoms with Gasteiger partial charge in [-0.2, -0.15) is 0 Å². The Kier molecular flexibility index (Phi) is 5.83. The van der Waals surface area contributed by atoms with Gasteiger partial charge in [0.1, 0.15) is 17.8 Å². The molecule has 9 nitrogen and oxygen atoms in total. The molecular weight excluding hydrogens is 362 g/mol. The molecule has 0 atom stereocenters. The van der Waals surface area contributed by atoms with E-state index in [1.807, 2.05) is 18.2 Å². The van der Waals surface area contributed by atoms with Gasteiger partial charge in [-0.1, -0.05) is 6.07 Å². The molecule has 2 aromatic rings. The summed E-state index contributed by atoms with van der Waals surface area (Å²) in [5, 5.41) is 6.11. The van der Waals surface area contributed by atoms with Gasteiger partial charge in [-0.25, -0.2) is 9.97 Å².